The summed E-state index contributed by atoms with van der Waals surface area (Å²) in [7, 11) is 0. The molecule has 0 radical (unpaired) electrons. The molecule has 0 aliphatic rings. The molecule has 17 heavy (non-hydrogen) atoms. The maximum absolute atomic E-state index is 2.41. The monoisotopic (exact) mass is 355 g/mol. The molecule has 0 saturated heterocycles. The molecule has 0 N–H and O–H groups in total. The number of aromatic nitrogens is 1. The molecule has 0 saturated carbocycles. The Kier molecular flexibility index (Phi) is 3.68. The molecule has 88 valence electrons. The molecule has 3 aromatic rings. The predicted octanol–water partition coefficient (Wildman–Crippen LogP) is 0.674. The second-order valence-electron chi connectivity index (χ2n) is 4.00. The van der Waals surface area contributed by atoms with Gasteiger partial charge in [0.05, 0.1) is 5.39 Å². The van der Waals surface area contributed by atoms with Gasteiger partial charge in [-0.3, -0.25) is 0 Å². The molecule has 0 bridgehead atoms. The van der Waals surface area contributed by atoms with Gasteiger partial charge in [-0.1, -0.05) is 35.6 Å². The number of benzene rings is 2. The van der Waals surface area contributed by atoms with Gasteiger partial charge < -0.3 is 24.0 Å². The summed E-state index contributed by atoms with van der Waals surface area (Å²) in [6.07, 6.45) is 0. The Morgan fingerprint density at radius 2 is 1.88 bits per heavy atom. The summed E-state index contributed by atoms with van der Waals surface area (Å²) in [4.78, 5) is 0. The first-order valence-electron chi connectivity index (χ1n) is 5.62. The van der Waals surface area contributed by atoms with Crippen LogP contribution in [0.25, 0.3) is 21.0 Å². The quantitative estimate of drug-likeness (QED) is 0.447. The first kappa shape index (κ1) is 12.8. The van der Waals surface area contributed by atoms with Crippen LogP contribution in [0.4, 0.5) is 0 Å². The highest BCUT2D eigenvalue weighted by atomic mass is 127. The predicted molar refractivity (Wildman–Crippen MR) is 69.9 cm³/mol. The van der Waals surface area contributed by atoms with Gasteiger partial charge in [0, 0.05) is 6.92 Å². The second-order valence-corrected chi connectivity index (χ2v) is 5.23. The van der Waals surface area contributed by atoms with Crippen molar-refractivity contribution in [2.45, 2.75) is 20.4 Å². The molecule has 1 nitrogen and oxygen atoms in total. The molecular formula is C14H14INS. The summed E-state index contributed by atoms with van der Waals surface area (Å²) in [5.41, 5.74) is 1.39. The lowest BCUT2D eigenvalue weighted by Gasteiger charge is -1.97. The van der Waals surface area contributed by atoms with E-state index < -0.39 is 0 Å². The van der Waals surface area contributed by atoms with E-state index in [0.717, 1.165) is 6.54 Å². The average molecular weight is 355 g/mol. The summed E-state index contributed by atoms with van der Waals surface area (Å²) >= 11 is 1.88. The fourth-order valence-corrected chi connectivity index (χ4v) is 3.45. The smallest absolute Gasteiger partial charge is 0.235 e. The molecule has 0 aliphatic heterocycles. The van der Waals surface area contributed by atoms with Crippen LogP contribution in [0.15, 0.2) is 36.4 Å². The number of rotatable bonds is 1. The number of aryl methyl sites for hydroxylation is 2. The van der Waals surface area contributed by atoms with Crippen LogP contribution in [0.2, 0.25) is 0 Å². The molecule has 0 fully saturated rings. The van der Waals surface area contributed by atoms with Crippen molar-refractivity contribution in [3.8, 4) is 0 Å². The molecular weight excluding hydrogens is 341 g/mol. The number of nitrogens with zero attached hydrogens (tertiary/aromatic N) is 1. The van der Waals surface area contributed by atoms with Crippen LogP contribution in [0.3, 0.4) is 0 Å². The number of thiazole rings is 1. The van der Waals surface area contributed by atoms with Gasteiger partial charge in [-0.2, -0.15) is 4.57 Å². The SMILES string of the molecule is CC[n+]1c(C)sc2ccc3ccccc3c21.[I-]. The standard InChI is InChI=1S/C14H14NS.HI/c1-3-15-10(2)16-13-9-8-11-6-4-5-7-12(11)14(13)15;/h4-9H,3H2,1-2H3;1H/q+1;/p-1. The normalized spacial score (nSPS) is 10.7. The van der Waals surface area contributed by atoms with E-state index in [1.54, 1.807) is 0 Å². The average Bonchev–Trinajstić information content (AvgIpc) is 2.65. The van der Waals surface area contributed by atoms with Crippen molar-refractivity contribution in [1.29, 1.82) is 0 Å². The summed E-state index contributed by atoms with van der Waals surface area (Å²) < 4.78 is 3.79. The zero-order valence-electron chi connectivity index (χ0n) is 9.90. The van der Waals surface area contributed by atoms with E-state index in [2.05, 4.69) is 54.8 Å². The molecule has 0 amide bonds. The van der Waals surface area contributed by atoms with Crippen LogP contribution in [0.1, 0.15) is 11.9 Å². The highest BCUT2D eigenvalue weighted by molar-refractivity contribution is 7.18. The van der Waals surface area contributed by atoms with E-state index >= 15 is 0 Å². The lowest BCUT2D eigenvalue weighted by Crippen LogP contribution is -3.00. The molecule has 2 aromatic carbocycles. The summed E-state index contributed by atoms with van der Waals surface area (Å²) in [6.45, 7) is 5.45. The Labute approximate surface area is 122 Å². The minimum atomic E-state index is 0. The van der Waals surface area contributed by atoms with E-state index in [9.17, 15) is 0 Å². The Morgan fingerprint density at radius 1 is 1.12 bits per heavy atom. The van der Waals surface area contributed by atoms with Gasteiger partial charge in [0.15, 0.2) is 0 Å². The molecule has 1 aromatic heterocycles. The Balaban J connectivity index is 0.00000108. The zero-order chi connectivity index (χ0) is 11.1. The highest BCUT2D eigenvalue weighted by Crippen LogP contribution is 2.27. The number of hydrogen-bond donors (Lipinski definition) is 0. The van der Waals surface area contributed by atoms with Gasteiger partial charge in [-0.15, -0.1) is 0 Å². The third-order valence-corrected chi connectivity index (χ3v) is 4.15. The molecule has 3 heteroatoms. The number of hydrogen-bond acceptors (Lipinski definition) is 1. The van der Waals surface area contributed by atoms with Crippen LogP contribution >= 0.6 is 11.3 Å². The van der Waals surface area contributed by atoms with Crippen LogP contribution in [-0.2, 0) is 6.54 Å². The van der Waals surface area contributed by atoms with Crippen molar-refractivity contribution in [1.82, 2.24) is 0 Å². The molecule has 0 spiro atoms. The third kappa shape index (κ3) is 1.95. The topological polar surface area (TPSA) is 3.88 Å². The van der Waals surface area contributed by atoms with Crippen molar-refractivity contribution in [2.24, 2.45) is 0 Å². The van der Waals surface area contributed by atoms with E-state index in [4.69, 9.17) is 0 Å². The third-order valence-electron chi connectivity index (χ3n) is 3.09. The first-order valence-corrected chi connectivity index (χ1v) is 6.43. The van der Waals surface area contributed by atoms with Gasteiger partial charge in [0.25, 0.3) is 0 Å². The van der Waals surface area contributed by atoms with Crippen LogP contribution in [-0.4, -0.2) is 0 Å². The van der Waals surface area contributed by atoms with Gasteiger partial charge in [0.2, 0.25) is 10.5 Å². The van der Waals surface area contributed by atoms with Gasteiger partial charge in [-0.05, 0) is 24.4 Å². The summed E-state index contributed by atoms with van der Waals surface area (Å²) in [5.74, 6) is 0. The van der Waals surface area contributed by atoms with E-state index in [0.29, 0.717) is 0 Å². The zero-order valence-corrected chi connectivity index (χ0v) is 12.9. The second kappa shape index (κ2) is 4.90. The molecule has 0 unspecified atom stereocenters. The van der Waals surface area contributed by atoms with Crippen LogP contribution in [0.5, 0.6) is 0 Å². The van der Waals surface area contributed by atoms with E-state index in [1.807, 2.05) is 11.3 Å². The minimum Gasteiger partial charge on any atom is -1.00 e. The fraction of sp³-hybridized carbons (Fsp3) is 0.214. The lowest BCUT2D eigenvalue weighted by molar-refractivity contribution is -0.668. The Hall–Kier alpha value is -0.680. The van der Waals surface area contributed by atoms with Crippen molar-refractivity contribution < 1.29 is 28.5 Å². The Bertz CT molecular complexity index is 672. The summed E-state index contributed by atoms with van der Waals surface area (Å²) in [6, 6.07) is 13.1. The van der Waals surface area contributed by atoms with Crippen LogP contribution in [0, 0.1) is 6.92 Å². The molecule has 0 atom stereocenters. The first-order chi connectivity index (χ1) is 7.81. The van der Waals surface area contributed by atoms with Crippen molar-refractivity contribution >= 4 is 32.3 Å². The largest absolute Gasteiger partial charge is 1.00 e. The van der Waals surface area contributed by atoms with Crippen LogP contribution < -0.4 is 28.5 Å². The number of fused-ring (bicyclic) bond motifs is 3. The maximum Gasteiger partial charge on any atom is 0.235 e. The van der Waals surface area contributed by atoms with Crippen molar-refractivity contribution in [3.63, 3.8) is 0 Å². The number of halogens is 1. The molecule has 3 rings (SSSR count). The maximum atomic E-state index is 2.41. The van der Waals surface area contributed by atoms with Gasteiger partial charge in [-0.25, -0.2) is 0 Å². The minimum absolute atomic E-state index is 0. The fourth-order valence-electron chi connectivity index (χ4n) is 2.35. The highest BCUT2D eigenvalue weighted by Gasteiger charge is 2.17. The summed E-state index contributed by atoms with van der Waals surface area (Å²) in [5, 5.41) is 4.08. The molecule has 1 heterocycles. The molecule has 0 aliphatic carbocycles. The lowest BCUT2D eigenvalue weighted by atomic mass is 10.1. The van der Waals surface area contributed by atoms with Gasteiger partial charge >= 0.3 is 0 Å². The Morgan fingerprint density at radius 3 is 2.65 bits per heavy atom. The van der Waals surface area contributed by atoms with E-state index in [1.165, 1.54) is 26.0 Å². The van der Waals surface area contributed by atoms with Crippen molar-refractivity contribution in [2.75, 3.05) is 0 Å². The van der Waals surface area contributed by atoms with E-state index in [-0.39, 0.29) is 24.0 Å². The van der Waals surface area contributed by atoms with Crippen molar-refractivity contribution in [3.05, 3.63) is 41.4 Å². The van der Waals surface area contributed by atoms with Gasteiger partial charge in [0.1, 0.15) is 11.2 Å².